The van der Waals surface area contributed by atoms with Crippen molar-refractivity contribution in [3.8, 4) is 0 Å². The van der Waals surface area contributed by atoms with Crippen LogP contribution < -0.4 is 0 Å². The van der Waals surface area contributed by atoms with Crippen LogP contribution in [0.25, 0.3) is 10.8 Å². The van der Waals surface area contributed by atoms with E-state index < -0.39 is 6.10 Å². The SMILES string of the molecule is CC(C)(C)C(O)c1ccc(Cl)c2ccccc12. The van der Waals surface area contributed by atoms with E-state index in [0.717, 1.165) is 21.4 Å². The Balaban J connectivity index is 2.67. The first kappa shape index (κ1) is 12.4. The van der Waals surface area contributed by atoms with Crippen molar-refractivity contribution in [2.24, 2.45) is 5.41 Å². The van der Waals surface area contributed by atoms with E-state index in [1.165, 1.54) is 0 Å². The molecule has 2 rings (SSSR count). The van der Waals surface area contributed by atoms with Crippen molar-refractivity contribution in [2.75, 3.05) is 0 Å². The van der Waals surface area contributed by atoms with E-state index in [2.05, 4.69) is 0 Å². The zero-order valence-electron chi connectivity index (χ0n) is 10.4. The van der Waals surface area contributed by atoms with Gasteiger partial charge in [0, 0.05) is 10.4 Å². The van der Waals surface area contributed by atoms with Gasteiger partial charge in [-0.2, -0.15) is 0 Å². The van der Waals surface area contributed by atoms with Gasteiger partial charge in [-0.25, -0.2) is 0 Å². The number of hydrogen-bond donors (Lipinski definition) is 1. The lowest BCUT2D eigenvalue weighted by molar-refractivity contribution is 0.0639. The second-order valence-electron chi connectivity index (χ2n) is 5.45. The molecular weight excluding hydrogens is 232 g/mol. The molecule has 17 heavy (non-hydrogen) atoms. The summed E-state index contributed by atoms with van der Waals surface area (Å²) in [4.78, 5) is 0. The van der Waals surface area contributed by atoms with Crippen molar-refractivity contribution in [3.63, 3.8) is 0 Å². The fraction of sp³-hybridized carbons (Fsp3) is 0.333. The van der Waals surface area contributed by atoms with Crippen LogP contribution in [0.4, 0.5) is 0 Å². The maximum atomic E-state index is 10.4. The van der Waals surface area contributed by atoms with E-state index in [1.807, 2.05) is 57.2 Å². The van der Waals surface area contributed by atoms with Gasteiger partial charge in [0.25, 0.3) is 0 Å². The van der Waals surface area contributed by atoms with Gasteiger partial charge in [0.2, 0.25) is 0 Å². The minimum atomic E-state index is -0.496. The monoisotopic (exact) mass is 248 g/mol. The molecule has 0 aliphatic carbocycles. The van der Waals surface area contributed by atoms with Crippen LogP contribution in [-0.2, 0) is 0 Å². The van der Waals surface area contributed by atoms with Crippen molar-refractivity contribution >= 4 is 22.4 Å². The highest BCUT2D eigenvalue weighted by Crippen LogP contribution is 2.37. The highest BCUT2D eigenvalue weighted by molar-refractivity contribution is 6.35. The molecule has 90 valence electrons. The van der Waals surface area contributed by atoms with Gasteiger partial charge >= 0.3 is 0 Å². The molecule has 2 aromatic rings. The number of halogens is 1. The lowest BCUT2D eigenvalue weighted by Crippen LogP contribution is -2.18. The van der Waals surface area contributed by atoms with Crippen LogP contribution in [0.2, 0.25) is 5.02 Å². The molecule has 2 aromatic carbocycles. The highest BCUT2D eigenvalue weighted by Gasteiger charge is 2.25. The van der Waals surface area contributed by atoms with Crippen molar-refractivity contribution in [1.82, 2.24) is 0 Å². The topological polar surface area (TPSA) is 20.2 Å². The Kier molecular flexibility index (Phi) is 3.15. The average molecular weight is 249 g/mol. The summed E-state index contributed by atoms with van der Waals surface area (Å²) < 4.78 is 0. The summed E-state index contributed by atoms with van der Waals surface area (Å²) in [6, 6.07) is 11.7. The van der Waals surface area contributed by atoms with Crippen LogP contribution in [0.15, 0.2) is 36.4 Å². The number of rotatable bonds is 1. The van der Waals surface area contributed by atoms with Gasteiger partial charge in [-0.15, -0.1) is 0 Å². The summed E-state index contributed by atoms with van der Waals surface area (Å²) in [6.07, 6.45) is -0.496. The Morgan fingerprint density at radius 2 is 1.59 bits per heavy atom. The zero-order chi connectivity index (χ0) is 12.6. The Labute approximate surface area is 107 Å². The number of aliphatic hydroxyl groups is 1. The molecule has 1 nitrogen and oxygen atoms in total. The minimum Gasteiger partial charge on any atom is -0.388 e. The predicted octanol–water partition coefficient (Wildman–Crippen LogP) is 4.57. The van der Waals surface area contributed by atoms with Crippen molar-refractivity contribution in [3.05, 3.63) is 47.0 Å². The largest absolute Gasteiger partial charge is 0.388 e. The van der Waals surface area contributed by atoms with Crippen molar-refractivity contribution < 1.29 is 5.11 Å². The molecule has 0 aromatic heterocycles. The summed E-state index contributed by atoms with van der Waals surface area (Å²) in [7, 11) is 0. The maximum absolute atomic E-state index is 10.4. The molecule has 2 heteroatoms. The summed E-state index contributed by atoms with van der Waals surface area (Å²) >= 11 is 6.17. The van der Waals surface area contributed by atoms with E-state index in [1.54, 1.807) is 0 Å². The van der Waals surface area contributed by atoms with Crippen LogP contribution in [0.1, 0.15) is 32.4 Å². The number of hydrogen-bond acceptors (Lipinski definition) is 1. The first-order chi connectivity index (χ1) is 7.91. The first-order valence-electron chi connectivity index (χ1n) is 5.76. The molecule has 0 bridgehead atoms. The van der Waals surface area contributed by atoms with E-state index in [4.69, 9.17) is 11.6 Å². The lowest BCUT2D eigenvalue weighted by atomic mass is 9.83. The Bertz CT molecular complexity index is 540. The van der Waals surface area contributed by atoms with Gasteiger partial charge in [0.1, 0.15) is 0 Å². The van der Waals surface area contributed by atoms with Gasteiger partial charge in [-0.1, -0.05) is 62.7 Å². The normalized spacial score (nSPS) is 13.9. The Hall–Kier alpha value is -1.05. The molecule has 0 aliphatic heterocycles. The first-order valence-corrected chi connectivity index (χ1v) is 6.14. The number of fused-ring (bicyclic) bond motifs is 1. The zero-order valence-corrected chi connectivity index (χ0v) is 11.1. The molecule has 0 saturated heterocycles. The molecular formula is C15H17ClO. The lowest BCUT2D eigenvalue weighted by Gasteiger charge is -2.27. The van der Waals surface area contributed by atoms with E-state index in [-0.39, 0.29) is 5.41 Å². The molecule has 1 atom stereocenters. The second kappa shape index (κ2) is 4.32. The van der Waals surface area contributed by atoms with Gasteiger partial charge < -0.3 is 5.11 Å². The molecule has 0 radical (unpaired) electrons. The molecule has 0 aliphatic rings. The Morgan fingerprint density at radius 1 is 1.00 bits per heavy atom. The molecule has 0 heterocycles. The quantitative estimate of drug-likeness (QED) is 0.784. The van der Waals surface area contributed by atoms with Crippen LogP contribution in [0, 0.1) is 5.41 Å². The third-order valence-electron chi connectivity index (χ3n) is 3.02. The molecule has 1 unspecified atom stereocenters. The number of benzene rings is 2. The van der Waals surface area contributed by atoms with Gasteiger partial charge in [0.05, 0.1) is 6.10 Å². The summed E-state index contributed by atoms with van der Waals surface area (Å²) in [5.74, 6) is 0. The molecule has 0 fully saturated rings. The minimum absolute atomic E-state index is 0.184. The molecule has 0 amide bonds. The van der Waals surface area contributed by atoms with E-state index in [0.29, 0.717) is 0 Å². The van der Waals surface area contributed by atoms with Gasteiger partial charge in [-0.05, 0) is 22.4 Å². The van der Waals surface area contributed by atoms with E-state index in [9.17, 15) is 5.11 Å². The molecule has 0 saturated carbocycles. The third kappa shape index (κ3) is 2.31. The fourth-order valence-corrected chi connectivity index (χ4v) is 2.22. The Morgan fingerprint density at radius 3 is 2.18 bits per heavy atom. The van der Waals surface area contributed by atoms with E-state index >= 15 is 0 Å². The van der Waals surface area contributed by atoms with Crippen LogP contribution in [0.3, 0.4) is 0 Å². The van der Waals surface area contributed by atoms with Crippen LogP contribution in [0.5, 0.6) is 0 Å². The summed E-state index contributed by atoms with van der Waals surface area (Å²) in [5, 5.41) is 13.2. The average Bonchev–Trinajstić information content (AvgIpc) is 2.28. The predicted molar refractivity (Wildman–Crippen MR) is 73.4 cm³/mol. The second-order valence-corrected chi connectivity index (χ2v) is 5.86. The van der Waals surface area contributed by atoms with Crippen LogP contribution >= 0.6 is 11.6 Å². The van der Waals surface area contributed by atoms with Crippen LogP contribution in [-0.4, -0.2) is 5.11 Å². The van der Waals surface area contributed by atoms with Gasteiger partial charge in [-0.3, -0.25) is 0 Å². The third-order valence-corrected chi connectivity index (χ3v) is 3.35. The maximum Gasteiger partial charge on any atom is 0.0844 e. The summed E-state index contributed by atoms with van der Waals surface area (Å²) in [6.45, 7) is 6.09. The number of aliphatic hydroxyl groups excluding tert-OH is 1. The van der Waals surface area contributed by atoms with Crippen molar-refractivity contribution in [1.29, 1.82) is 0 Å². The standard InChI is InChI=1S/C15H17ClO/c1-15(2,3)14(17)12-8-9-13(16)11-7-5-4-6-10(11)12/h4-9,14,17H,1-3H3. The van der Waals surface area contributed by atoms with Gasteiger partial charge in [0.15, 0.2) is 0 Å². The van der Waals surface area contributed by atoms with Crippen molar-refractivity contribution in [2.45, 2.75) is 26.9 Å². The fourth-order valence-electron chi connectivity index (χ4n) is 1.99. The smallest absolute Gasteiger partial charge is 0.0844 e. The highest BCUT2D eigenvalue weighted by atomic mass is 35.5. The summed E-state index contributed by atoms with van der Waals surface area (Å²) in [5.41, 5.74) is 0.758. The molecule has 1 N–H and O–H groups in total. The molecule has 0 spiro atoms.